The van der Waals surface area contributed by atoms with Crippen molar-refractivity contribution in [3.63, 3.8) is 0 Å². The predicted molar refractivity (Wildman–Crippen MR) is 98.2 cm³/mol. The van der Waals surface area contributed by atoms with Crippen LogP contribution in [0.2, 0.25) is 0 Å². The summed E-state index contributed by atoms with van der Waals surface area (Å²) in [6.45, 7) is 2.39. The lowest BCUT2D eigenvalue weighted by atomic mass is 10.2. The maximum Gasteiger partial charge on any atom is 0.226 e. The number of rotatable bonds is 7. The van der Waals surface area contributed by atoms with Crippen LogP contribution < -0.4 is 9.47 Å². The maximum absolute atomic E-state index is 8.51. The molecule has 0 aliphatic rings. The maximum atomic E-state index is 8.51. The quantitative estimate of drug-likeness (QED) is 0.394. The molecule has 0 unspecified atom stereocenters. The molecule has 2 aromatic carbocycles. The van der Waals surface area contributed by atoms with E-state index in [-0.39, 0.29) is 0 Å². The van der Waals surface area contributed by atoms with Crippen LogP contribution in [-0.2, 0) is 6.42 Å². The van der Waals surface area contributed by atoms with Crippen molar-refractivity contribution in [2.24, 2.45) is 5.16 Å². The lowest BCUT2D eigenvalue weighted by Crippen LogP contribution is -2.02. The number of ether oxygens (including phenoxy) is 2. The van der Waals surface area contributed by atoms with E-state index in [4.69, 9.17) is 19.1 Å². The number of aryl methyl sites for hydroxylation is 1. The van der Waals surface area contributed by atoms with E-state index >= 15 is 0 Å². The molecule has 0 atom stereocenters. The fourth-order valence-corrected chi connectivity index (χ4v) is 2.50. The lowest BCUT2D eigenvalue weighted by Gasteiger charge is -2.05. The van der Waals surface area contributed by atoms with Gasteiger partial charge in [0.2, 0.25) is 5.89 Å². The van der Waals surface area contributed by atoms with E-state index in [1.54, 1.807) is 7.11 Å². The van der Waals surface area contributed by atoms with Crippen molar-refractivity contribution in [1.29, 1.82) is 0 Å². The van der Waals surface area contributed by atoms with Gasteiger partial charge in [0.15, 0.2) is 0 Å². The van der Waals surface area contributed by atoms with Crippen LogP contribution >= 0.6 is 0 Å². The number of hydrogen-bond donors (Lipinski definition) is 1. The molecule has 6 nitrogen and oxygen atoms in total. The van der Waals surface area contributed by atoms with Crippen LogP contribution in [0.1, 0.15) is 17.0 Å². The SMILES string of the molecule is COc1ccc(-c2nc(CCOc3ccc(/C=N/O)cc3)c(C)o2)cc1. The van der Waals surface area contributed by atoms with Crippen LogP contribution in [0.4, 0.5) is 0 Å². The third-order valence-electron chi connectivity index (χ3n) is 3.92. The monoisotopic (exact) mass is 352 g/mol. The number of nitrogens with zero attached hydrogens (tertiary/aromatic N) is 2. The first-order chi connectivity index (χ1) is 12.7. The largest absolute Gasteiger partial charge is 0.497 e. The summed E-state index contributed by atoms with van der Waals surface area (Å²) in [4.78, 5) is 4.57. The number of oxime groups is 1. The summed E-state index contributed by atoms with van der Waals surface area (Å²) < 4.78 is 16.7. The van der Waals surface area contributed by atoms with Crippen LogP contribution in [-0.4, -0.2) is 30.1 Å². The Morgan fingerprint density at radius 1 is 1.08 bits per heavy atom. The van der Waals surface area contributed by atoms with Crippen molar-refractivity contribution in [3.8, 4) is 23.0 Å². The molecule has 0 aliphatic carbocycles. The van der Waals surface area contributed by atoms with E-state index in [0.717, 1.165) is 34.1 Å². The summed E-state index contributed by atoms with van der Waals surface area (Å²) in [5.74, 6) is 2.92. The second kappa shape index (κ2) is 8.20. The van der Waals surface area contributed by atoms with Crippen LogP contribution in [0.25, 0.3) is 11.5 Å². The Balaban J connectivity index is 1.60. The average Bonchev–Trinajstić information content (AvgIpc) is 3.04. The van der Waals surface area contributed by atoms with Crippen LogP contribution in [0.15, 0.2) is 58.1 Å². The first-order valence-corrected chi connectivity index (χ1v) is 8.20. The van der Waals surface area contributed by atoms with E-state index in [2.05, 4.69) is 10.1 Å². The highest BCUT2D eigenvalue weighted by Gasteiger charge is 2.11. The minimum Gasteiger partial charge on any atom is -0.497 e. The average molecular weight is 352 g/mol. The molecule has 0 aliphatic heterocycles. The van der Waals surface area contributed by atoms with E-state index in [1.807, 2.05) is 55.5 Å². The van der Waals surface area contributed by atoms with E-state index in [9.17, 15) is 0 Å². The Bertz CT molecular complexity index is 868. The summed E-state index contributed by atoms with van der Waals surface area (Å²) in [5, 5.41) is 11.5. The standard InChI is InChI=1S/C20H20N2O4/c1-14-19(11-12-25-18-7-3-15(4-8-18)13-21-23)22-20(26-14)16-5-9-17(24-2)10-6-16/h3-10,13,23H,11-12H2,1-2H3/b21-13+. The number of hydrogen-bond acceptors (Lipinski definition) is 6. The van der Waals surface area contributed by atoms with Gasteiger partial charge in [0, 0.05) is 12.0 Å². The zero-order valence-corrected chi connectivity index (χ0v) is 14.7. The Morgan fingerprint density at radius 3 is 2.42 bits per heavy atom. The predicted octanol–water partition coefficient (Wildman–Crippen LogP) is 4.09. The van der Waals surface area contributed by atoms with Gasteiger partial charge < -0.3 is 19.1 Å². The summed E-state index contributed by atoms with van der Waals surface area (Å²) in [7, 11) is 1.64. The molecule has 26 heavy (non-hydrogen) atoms. The molecule has 3 aromatic rings. The summed E-state index contributed by atoms with van der Waals surface area (Å²) in [6, 6.07) is 14.9. The molecule has 0 amide bonds. The number of benzene rings is 2. The van der Waals surface area contributed by atoms with Crippen LogP contribution in [0.3, 0.4) is 0 Å². The van der Waals surface area contributed by atoms with E-state index in [0.29, 0.717) is 18.9 Å². The molecule has 1 N–H and O–H groups in total. The fourth-order valence-electron chi connectivity index (χ4n) is 2.50. The van der Waals surface area contributed by atoms with Gasteiger partial charge in [0.1, 0.15) is 17.3 Å². The van der Waals surface area contributed by atoms with Gasteiger partial charge in [0.25, 0.3) is 0 Å². The van der Waals surface area contributed by atoms with Crippen LogP contribution in [0, 0.1) is 6.92 Å². The van der Waals surface area contributed by atoms with E-state index in [1.165, 1.54) is 6.21 Å². The molecule has 0 radical (unpaired) electrons. The van der Waals surface area contributed by atoms with E-state index < -0.39 is 0 Å². The molecule has 0 saturated carbocycles. The van der Waals surface area contributed by atoms with Crippen molar-refractivity contribution in [2.45, 2.75) is 13.3 Å². The molecular formula is C20H20N2O4. The molecule has 1 heterocycles. The van der Waals surface area contributed by atoms with Crippen LogP contribution in [0.5, 0.6) is 11.5 Å². The second-order valence-corrected chi connectivity index (χ2v) is 5.66. The zero-order valence-electron chi connectivity index (χ0n) is 14.7. The van der Waals surface area contributed by atoms with Gasteiger partial charge in [-0.15, -0.1) is 0 Å². The molecule has 1 aromatic heterocycles. The molecule has 0 spiro atoms. The normalized spacial score (nSPS) is 11.0. The van der Waals surface area contributed by atoms with Crippen molar-refractivity contribution in [2.75, 3.05) is 13.7 Å². The molecule has 6 heteroatoms. The molecule has 3 rings (SSSR count). The van der Waals surface area contributed by atoms with Gasteiger partial charge >= 0.3 is 0 Å². The first kappa shape index (κ1) is 17.5. The number of methoxy groups -OCH3 is 1. The van der Waals surface area contributed by atoms with Crippen molar-refractivity contribution in [1.82, 2.24) is 4.98 Å². The Kier molecular flexibility index (Phi) is 5.53. The third kappa shape index (κ3) is 4.22. The minimum absolute atomic E-state index is 0.489. The number of aromatic nitrogens is 1. The van der Waals surface area contributed by atoms with Gasteiger partial charge in [-0.05, 0) is 61.0 Å². The molecule has 0 saturated heterocycles. The molecule has 134 valence electrons. The summed E-state index contributed by atoms with van der Waals surface area (Å²) in [5.41, 5.74) is 2.58. The van der Waals surface area contributed by atoms with Crippen molar-refractivity contribution >= 4 is 6.21 Å². The Morgan fingerprint density at radius 2 is 1.77 bits per heavy atom. The van der Waals surface area contributed by atoms with Gasteiger partial charge in [-0.25, -0.2) is 4.98 Å². The van der Waals surface area contributed by atoms with Gasteiger partial charge in [-0.2, -0.15) is 0 Å². The molecule has 0 bridgehead atoms. The number of oxazole rings is 1. The Hall–Kier alpha value is -3.28. The first-order valence-electron chi connectivity index (χ1n) is 8.20. The topological polar surface area (TPSA) is 77.1 Å². The smallest absolute Gasteiger partial charge is 0.226 e. The Labute approximate surface area is 151 Å². The minimum atomic E-state index is 0.489. The summed E-state index contributed by atoms with van der Waals surface area (Å²) >= 11 is 0. The molecular weight excluding hydrogens is 332 g/mol. The zero-order chi connectivity index (χ0) is 18.4. The van der Waals surface area contributed by atoms with Gasteiger partial charge in [-0.3, -0.25) is 0 Å². The van der Waals surface area contributed by atoms with Crippen molar-refractivity contribution < 1.29 is 19.1 Å². The fraction of sp³-hybridized carbons (Fsp3) is 0.200. The van der Waals surface area contributed by atoms with Crippen molar-refractivity contribution in [3.05, 3.63) is 65.5 Å². The van der Waals surface area contributed by atoms with Gasteiger partial charge in [0.05, 0.1) is 25.6 Å². The summed E-state index contributed by atoms with van der Waals surface area (Å²) in [6.07, 6.45) is 2.01. The molecule has 0 fully saturated rings. The highest BCUT2D eigenvalue weighted by molar-refractivity contribution is 5.79. The second-order valence-electron chi connectivity index (χ2n) is 5.66. The highest BCUT2D eigenvalue weighted by Crippen LogP contribution is 2.24. The lowest BCUT2D eigenvalue weighted by molar-refractivity contribution is 0.319. The third-order valence-corrected chi connectivity index (χ3v) is 3.92. The highest BCUT2D eigenvalue weighted by atomic mass is 16.5. The van der Waals surface area contributed by atoms with Gasteiger partial charge in [-0.1, -0.05) is 5.16 Å².